The SMILES string of the molecule is CC1(C)CCC(CNCCNc2ccc(C(=O)NS(=O)(=O)c3ccc(NCC4CCC(N5CCN(CCCCCCCSc6cccc7c6CN(C6CCC(=O)NC6=O)C7=O)CC5)CC4)c(NO)c3)c(Oc3cnc4[nH]ccc4c3)c2)=C(c2ccc(Cl)cc2)C1. The fourth-order valence-corrected chi connectivity index (χ4v) is 15.6. The number of rotatable bonds is 27. The molecule has 5 heterocycles. The molecular weight excluding hydrogens is 1200 g/mol. The van der Waals surface area contributed by atoms with Crippen LogP contribution in [0.5, 0.6) is 11.5 Å². The van der Waals surface area contributed by atoms with Gasteiger partial charge in [-0.05, 0) is 171 Å². The molecule has 0 radical (unpaired) electrons. The van der Waals surface area contributed by atoms with E-state index in [-0.39, 0.29) is 51.5 Å². The molecule has 2 aliphatic carbocycles. The Morgan fingerprint density at radius 3 is 2.46 bits per heavy atom. The van der Waals surface area contributed by atoms with E-state index >= 15 is 0 Å². The molecule has 1 saturated carbocycles. The molecule has 0 spiro atoms. The molecule has 11 rings (SSSR count). The number of H-pyrrole nitrogens is 1. The smallest absolute Gasteiger partial charge is 0.268 e. The van der Waals surface area contributed by atoms with Crippen molar-refractivity contribution < 1.29 is 37.5 Å². The van der Waals surface area contributed by atoms with E-state index in [1.165, 1.54) is 66.8 Å². The van der Waals surface area contributed by atoms with Crippen molar-refractivity contribution in [2.75, 3.05) is 80.8 Å². The number of unbranched alkanes of at least 4 members (excludes halogenated alkanes) is 4. The first-order valence-electron chi connectivity index (χ1n) is 31.9. The number of piperazine rings is 1. The zero-order chi connectivity index (χ0) is 62.8. The van der Waals surface area contributed by atoms with E-state index in [0.29, 0.717) is 72.9 Å². The number of imide groups is 1. The van der Waals surface area contributed by atoms with Crippen LogP contribution in [0.2, 0.25) is 5.02 Å². The Bertz CT molecular complexity index is 3700. The molecule has 19 nitrogen and oxygen atoms in total. The minimum atomic E-state index is -4.43. The van der Waals surface area contributed by atoms with Gasteiger partial charge in [0.2, 0.25) is 11.8 Å². The van der Waals surface area contributed by atoms with Gasteiger partial charge >= 0.3 is 0 Å². The number of hydrogen-bond acceptors (Lipinski definition) is 16. The Labute approximate surface area is 537 Å². The summed E-state index contributed by atoms with van der Waals surface area (Å²) in [6, 6.07) is 26.8. The van der Waals surface area contributed by atoms with Crippen molar-refractivity contribution in [3.8, 4) is 11.5 Å². The predicted octanol–water partition coefficient (Wildman–Crippen LogP) is 11.7. The number of carbonyl (C=O) groups is 4. The summed E-state index contributed by atoms with van der Waals surface area (Å²) in [5, 5.41) is 24.6. The molecule has 8 N–H and O–H groups in total. The van der Waals surface area contributed by atoms with Crippen LogP contribution in [-0.2, 0) is 26.2 Å². The maximum absolute atomic E-state index is 14.0. The number of piperidine rings is 1. The Balaban J connectivity index is 0.600. The predicted molar refractivity (Wildman–Crippen MR) is 355 cm³/mol. The van der Waals surface area contributed by atoms with Crippen LogP contribution in [0.15, 0.2) is 119 Å². The summed E-state index contributed by atoms with van der Waals surface area (Å²) < 4.78 is 36.4. The number of nitrogens with zero attached hydrogens (tertiary/aromatic N) is 4. The number of carbonyl (C=O) groups excluding carboxylic acids is 4. The Morgan fingerprint density at radius 2 is 1.66 bits per heavy atom. The molecule has 3 aliphatic heterocycles. The second-order valence-electron chi connectivity index (χ2n) is 25.4. The molecule has 4 aromatic carbocycles. The van der Waals surface area contributed by atoms with Gasteiger partial charge in [-0.1, -0.05) is 68.5 Å². The normalized spacial score (nSPS) is 19.8. The van der Waals surface area contributed by atoms with Crippen LogP contribution in [-0.4, -0.2) is 139 Å². The third-order valence-electron chi connectivity index (χ3n) is 18.6. The number of anilines is 3. The summed E-state index contributed by atoms with van der Waals surface area (Å²) in [5.41, 5.74) is 10.1. The van der Waals surface area contributed by atoms with Gasteiger partial charge in [0.1, 0.15) is 23.2 Å². The van der Waals surface area contributed by atoms with E-state index in [2.05, 4.69) is 83.3 Å². The first-order chi connectivity index (χ1) is 43.6. The van der Waals surface area contributed by atoms with Gasteiger partial charge in [0.05, 0.1) is 28.0 Å². The number of hydrogen-bond donors (Lipinski definition) is 8. The number of pyridine rings is 1. The number of nitrogens with one attached hydrogen (secondary N) is 7. The van der Waals surface area contributed by atoms with Crippen LogP contribution in [0.1, 0.15) is 136 Å². The molecule has 478 valence electrons. The minimum Gasteiger partial charge on any atom is -0.455 e. The second-order valence-corrected chi connectivity index (χ2v) is 28.7. The number of aromatic amines is 1. The average molecular weight is 1280 g/mol. The largest absolute Gasteiger partial charge is 0.455 e. The van der Waals surface area contributed by atoms with E-state index in [0.717, 1.165) is 117 Å². The Hall–Kier alpha value is -6.98. The summed E-state index contributed by atoms with van der Waals surface area (Å²) >= 11 is 8.02. The number of benzene rings is 4. The van der Waals surface area contributed by atoms with Crippen LogP contribution < -0.4 is 36.2 Å². The van der Waals surface area contributed by atoms with Gasteiger partial charge in [0, 0.05) is 110 Å². The number of thioether (sulfide) groups is 1. The van der Waals surface area contributed by atoms with Crippen LogP contribution in [0.25, 0.3) is 16.6 Å². The second kappa shape index (κ2) is 29.5. The highest BCUT2D eigenvalue weighted by atomic mass is 35.5. The van der Waals surface area contributed by atoms with Gasteiger partial charge < -0.3 is 35.5 Å². The Morgan fingerprint density at radius 1 is 0.856 bits per heavy atom. The van der Waals surface area contributed by atoms with E-state index in [1.54, 1.807) is 47.1 Å². The van der Waals surface area contributed by atoms with Gasteiger partial charge in [-0.15, -0.1) is 11.8 Å². The third kappa shape index (κ3) is 16.2. The zero-order valence-electron chi connectivity index (χ0n) is 51.5. The van der Waals surface area contributed by atoms with Crippen LogP contribution in [0.3, 0.4) is 0 Å². The molecule has 1 unspecified atom stereocenters. The molecule has 6 aromatic rings. The van der Waals surface area contributed by atoms with E-state index in [9.17, 15) is 32.8 Å². The molecule has 3 fully saturated rings. The minimum absolute atomic E-state index is 0.00438. The maximum atomic E-state index is 14.0. The highest BCUT2D eigenvalue weighted by Gasteiger charge is 2.40. The van der Waals surface area contributed by atoms with E-state index in [1.807, 2.05) is 30.3 Å². The van der Waals surface area contributed by atoms with Crippen molar-refractivity contribution in [1.29, 1.82) is 0 Å². The van der Waals surface area contributed by atoms with E-state index < -0.39 is 22.0 Å². The first-order valence-corrected chi connectivity index (χ1v) is 34.8. The monoisotopic (exact) mass is 1280 g/mol. The highest BCUT2D eigenvalue weighted by molar-refractivity contribution is 7.99. The molecule has 4 amide bonds. The lowest BCUT2D eigenvalue weighted by Gasteiger charge is -2.42. The number of fused-ring (bicyclic) bond motifs is 2. The van der Waals surface area contributed by atoms with Gasteiger partial charge in [0.25, 0.3) is 21.8 Å². The Kier molecular flexibility index (Phi) is 21.2. The van der Waals surface area contributed by atoms with Gasteiger partial charge in [-0.3, -0.25) is 40.1 Å². The lowest BCUT2D eigenvalue weighted by atomic mass is 9.72. The zero-order valence-corrected chi connectivity index (χ0v) is 53.9. The van der Waals surface area contributed by atoms with Crippen LogP contribution in [0.4, 0.5) is 17.1 Å². The highest BCUT2D eigenvalue weighted by Crippen LogP contribution is 2.43. The lowest BCUT2D eigenvalue weighted by Crippen LogP contribution is -2.52. The third-order valence-corrected chi connectivity index (χ3v) is 21.3. The van der Waals surface area contributed by atoms with Crippen LogP contribution in [0, 0.1) is 11.3 Å². The van der Waals surface area contributed by atoms with Gasteiger partial charge in [0.15, 0.2) is 0 Å². The molecular formula is C68H84ClN11O8S2. The first kappa shape index (κ1) is 64.5. The molecule has 5 aliphatic rings. The van der Waals surface area contributed by atoms with Crippen molar-refractivity contribution in [2.45, 2.75) is 132 Å². The molecule has 0 bridgehead atoms. The summed E-state index contributed by atoms with van der Waals surface area (Å²) in [7, 11) is -4.43. The molecule has 2 saturated heterocycles. The molecule has 90 heavy (non-hydrogen) atoms. The van der Waals surface area contributed by atoms with Crippen molar-refractivity contribution in [3.05, 3.63) is 136 Å². The van der Waals surface area contributed by atoms with Crippen molar-refractivity contribution in [3.63, 3.8) is 0 Å². The van der Waals surface area contributed by atoms with Crippen LogP contribution >= 0.6 is 23.4 Å². The summed E-state index contributed by atoms with van der Waals surface area (Å²) in [5.74, 6) is 0.207. The topological polar surface area (TPSA) is 242 Å². The van der Waals surface area contributed by atoms with Crippen molar-refractivity contribution in [2.24, 2.45) is 11.3 Å². The van der Waals surface area contributed by atoms with Crippen molar-refractivity contribution in [1.82, 2.24) is 40.0 Å². The quantitative estimate of drug-likeness (QED) is 0.0103. The fourth-order valence-electron chi connectivity index (χ4n) is 13.4. The molecule has 1 atom stereocenters. The number of halogens is 1. The number of ether oxygens (including phenoxy) is 1. The summed E-state index contributed by atoms with van der Waals surface area (Å²) in [6.07, 6.45) is 17.3. The van der Waals surface area contributed by atoms with Gasteiger partial charge in [-0.2, -0.15) is 0 Å². The summed E-state index contributed by atoms with van der Waals surface area (Å²) in [6.45, 7) is 13.2. The molecule has 22 heteroatoms. The average Bonchev–Trinajstić information content (AvgIpc) is 1.82. The summed E-state index contributed by atoms with van der Waals surface area (Å²) in [4.78, 5) is 66.8. The number of amides is 4. The number of aromatic nitrogens is 2. The maximum Gasteiger partial charge on any atom is 0.268 e. The van der Waals surface area contributed by atoms with Gasteiger partial charge in [-0.25, -0.2) is 18.1 Å². The van der Waals surface area contributed by atoms with E-state index in [4.69, 9.17) is 16.3 Å². The fraction of sp³-hybridized carbons (Fsp3) is 0.456. The number of allylic oxidation sites excluding steroid dienone is 1. The number of sulfonamides is 1. The molecule has 2 aromatic heterocycles. The lowest BCUT2D eigenvalue weighted by molar-refractivity contribution is -0.136. The standard InChI is InChI=1S/C68H84ClN11O8S2/c1-68(2)27-25-48(56(40-68)46-13-15-49(69)16-14-46)42-70-29-30-71-50-17-21-55(61(38-50)88-52-37-47-26-28-72-64(47)74-43-52)65(82)77-90(86,87)53-20-22-58(59(39-53)76-85)73-41-45-11-18-51(19-12-45)79-34-32-78(33-35-79)31-6-4-3-5-7-36-89-62-10-8-9-54-57(62)44-80(67(54)84)60-23-24-63(81)75-66(60)83/h8-10,13-17,20-22,26,28,37-39,43,45,51,60,70-71,73,76,85H,3-7,11-12,18-19,23-25,27,29-36,40-42,44H2,1-2H3,(H,72,74)(H,77,82)(H,75,81,83). The van der Waals surface area contributed by atoms with Crippen molar-refractivity contribution >= 4 is 90.7 Å².